The van der Waals surface area contributed by atoms with Crippen molar-refractivity contribution in [2.24, 2.45) is 5.92 Å². The van der Waals surface area contributed by atoms with Crippen molar-refractivity contribution in [3.05, 3.63) is 35.9 Å². The maximum atomic E-state index is 12.6. The Balaban J connectivity index is 1.75. The van der Waals surface area contributed by atoms with E-state index in [1.54, 1.807) is 7.11 Å². The molecule has 24 heavy (non-hydrogen) atoms. The van der Waals surface area contributed by atoms with E-state index in [4.69, 9.17) is 9.47 Å². The van der Waals surface area contributed by atoms with Crippen LogP contribution in [0.1, 0.15) is 45.6 Å². The highest BCUT2D eigenvalue weighted by Gasteiger charge is 2.50. The van der Waals surface area contributed by atoms with Crippen molar-refractivity contribution in [1.29, 1.82) is 0 Å². The van der Waals surface area contributed by atoms with E-state index in [1.165, 1.54) is 5.56 Å². The van der Waals surface area contributed by atoms with Gasteiger partial charge in [-0.15, -0.1) is 0 Å². The fourth-order valence-electron chi connectivity index (χ4n) is 4.33. The summed E-state index contributed by atoms with van der Waals surface area (Å²) in [6.45, 7) is 5.76. The number of amides is 1. The Kier molecular flexibility index (Phi) is 4.86. The van der Waals surface area contributed by atoms with E-state index in [1.807, 2.05) is 31.7 Å². The molecule has 2 aliphatic heterocycles. The fraction of sp³-hybridized carbons (Fsp3) is 0.650. The predicted octanol–water partition coefficient (Wildman–Crippen LogP) is 4.03. The Morgan fingerprint density at radius 2 is 1.92 bits per heavy atom. The SMILES string of the molecule is CO[C@H]1[C@@H](Cc2ccccc2)C[C@@H]2CC[C@H]1N2C(=O)OC(C)(C)C. The Morgan fingerprint density at radius 3 is 2.54 bits per heavy atom. The quantitative estimate of drug-likeness (QED) is 0.839. The number of methoxy groups -OCH3 is 1. The lowest BCUT2D eigenvalue weighted by Crippen LogP contribution is -2.56. The van der Waals surface area contributed by atoms with E-state index in [9.17, 15) is 4.79 Å². The number of carbonyl (C=O) groups is 1. The van der Waals surface area contributed by atoms with Gasteiger partial charge in [0.1, 0.15) is 5.60 Å². The van der Waals surface area contributed by atoms with Crippen molar-refractivity contribution in [3.63, 3.8) is 0 Å². The molecule has 2 aliphatic rings. The van der Waals surface area contributed by atoms with Crippen LogP contribution < -0.4 is 0 Å². The molecular weight excluding hydrogens is 302 g/mol. The molecule has 0 aliphatic carbocycles. The fourth-order valence-corrected chi connectivity index (χ4v) is 4.33. The van der Waals surface area contributed by atoms with E-state index in [0.717, 1.165) is 25.7 Å². The molecule has 4 atom stereocenters. The minimum atomic E-state index is -0.458. The summed E-state index contributed by atoms with van der Waals surface area (Å²) >= 11 is 0. The van der Waals surface area contributed by atoms with Crippen molar-refractivity contribution in [2.75, 3.05) is 7.11 Å². The van der Waals surface area contributed by atoms with Crippen LogP contribution in [0.2, 0.25) is 0 Å². The lowest BCUT2D eigenvalue weighted by molar-refractivity contribution is -0.0614. The van der Waals surface area contributed by atoms with Gasteiger partial charge in [-0.25, -0.2) is 4.79 Å². The van der Waals surface area contributed by atoms with Crippen LogP contribution in [0.5, 0.6) is 0 Å². The molecule has 4 heteroatoms. The van der Waals surface area contributed by atoms with E-state index < -0.39 is 5.60 Å². The summed E-state index contributed by atoms with van der Waals surface area (Å²) < 4.78 is 11.5. The van der Waals surface area contributed by atoms with Crippen molar-refractivity contribution in [3.8, 4) is 0 Å². The normalized spacial score (nSPS) is 29.6. The molecule has 0 N–H and O–H groups in total. The number of fused-ring (bicyclic) bond motifs is 2. The summed E-state index contributed by atoms with van der Waals surface area (Å²) in [6.07, 6.45) is 3.95. The number of benzene rings is 1. The van der Waals surface area contributed by atoms with Gasteiger partial charge in [0.2, 0.25) is 0 Å². The molecule has 132 valence electrons. The summed E-state index contributed by atoms with van der Waals surface area (Å²) in [7, 11) is 1.77. The van der Waals surface area contributed by atoms with Crippen molar-refractivity contribution in [2.45, 2.75) is 70.2 Å². The molecule has 2 saturated heterocycles. The van der Waals surface area contributed by atoms with Gasteiger partial charge < -0.3 is 9.47 Å². The second-order valence-corrected chi connectivity index (χ2v) is 8.07. The smallest absolute Gasteiger partial charge is 0.410 e. The number of carbonyl (C=O) groups excluding carboxylic acids is 1. The van der Waals surface area contributed by atoms with Gasteiger partial charge in [-0.2, -0.15) is 0 Å². The number of ether oxygens (including phenoxy) is 2. The van der Waals surface area contributed by atoms with Crippen LogP contribution in [0.4, 0.5) is 4.79 Å². The second kappa shape index (κ2) is 6.75. The van der Waals surface area contributed by atoms with Crippen LogP contribution >= 0.6 is 0 Å². The molecule has 2 fully saturated rings. The molecule has 1 aromatic rings. The maximum absolute atomic E-state index is 12.6. The summed E-state index contributed by atoms with van der Waals surface area (Å²) in [4.78, 5) is 14.6. The Labute approximate surface area is 145 Å². The van der Waals surface area contributed by atoms with Crippen molar-refractivity contribution in [1.82, 2.24) is 4.90 Å². The third-order valence-corrected chi connectivity index (χ3v) is 5.18. The highest BCUT2D eigenvalue weighted by Crippen LogP contribution is 2.42. The lowest BCUT2D eigenvalue weighted by atomic mass is 9.83. The Hall–Kier alpha value is -1.55. The molecule has 3 rings (SSSR count). The van der Waals surface area contributed by atoms with Gasteiger partial charge in [0, 0.05) is 13.2 Å². The topological polar surface area (TPSA) is 38.8 Å². The minimum Gasteiger partial charge on any atom is -0.444 e. The van der Waals surface area contributed by atoms with Gasteiger partial charge in [0.05, 0.1) is 12.1 Å². The van der Waals surface area contributed by atoms with Crippen LogP contribution in [0.15, 0.2) is 30.3 Å². The number of piperidine rings is 1. The average Bonchev–Trinajstić information content (AvgIpc) is 2.83. The zero-order valence-corrected chi connectivity index (χ0v) is 15.2. The van der Waals surface area contributed by atoms with Crippen LogP contribution in [0, 0.1) is 5.92 Å². The monoisotopic (exact) mass is 331 g/mol. The van der Waals surface area contributed by atoms with Gasteiger partial charge in [-0.05, 0) is 57.9 Å². The standard InChI is InChI=1S/C20H29NO3/c1-20(2,3)24-19(22)21-16-10-11-17(21)18(23-4)15(13-16)12-14-8-6-5-7-9-14/h5-9,15-18H,10-13H2,1-4H3/t15-,16-,17+,18-/m0/s1. The Morgan fingerprint density at radius 1 is 1.21 bits per heavy atom. The highest BCUT2D eigenvalue weighted by molar-refractivity contribution is 5.70. The molecule has 2 bridgehead atoms. The first-order valence-electron chi connectivity index (χ1n) is 8.97. The first kappa shape index (κ1) is 17.3. The van der Waals surface area contributed by atoms with Gasteiger partial charge >= 0.3 is 6.09 Å². The van der Waals surface area contributed by atoms with E-state index in [-0.39, 0.29) is 24.3 Å². The van der Waals surface area contributed by atoms with Gasteiger partial charge in [0.15, 0.2) is 0 Å². The molecular formula is C20H29NO3. The van der Waals surface area contributed by atoms with E-state index in [2.05, 4.69) is 24.3 Å². The van der Waals surface area contributed by atoms with E-state index >= 15 is 0 Å². The summed E-state index contributed by atoms with van der Waals surface area (Å²) in [6, 6.07) is 11.0. The first-order chi connectivity index (χ1) is 11.4. The third kappa shape index (κ3) is 3.59. The molecule has 1 aromatic carbocycles. The number of hydrogen-bond acceptors (Lipinski definition) is 3. The Bertz CT molecular complexity index is 566. The number of hydrogen-bond donors (Lipinski definition) is 0. The summed E-state index contributed by atoms with van der Waals surface area (Å²) in [5.74, 6) is 0.452. The zero-order chi connectivity index (χ0) is 17.3. The van der Waals surface area contributed by atoms with Gasteiger partial charge in [0.25, 0.3) is 0 Å². The molecule has 0 unspecified atom stereocenters. The van der Waals surface area contributed by atoms with Gasteiger partial charge in [-0.1, -0.05) is 30.3 Å². The molecule has 0 radical (unpaired) electrons. The van der Waals surface area contributed by atoms with Crippen molar-refractivity contribution < 1.29 is 14.3 Å². The molecule has 2 heterocycles. The highest BCUT2D eigenvalue weighted by atomic mass is 16.6. The zero-order valence-electron chi connectivity index (χ0n) is 15.2. The molecule has 1 amide bonds. The summed E-state index contributed by atoms with van der Waals surface area (Å²) in [5, 5.41) is 0. The van der Waals surface area contributed by atoms with Crippen molar-refractivity contribution >= 4 is 6.09 Å². The number of rotatable bonds is 3. The minimum absolute atomic E-state index is 0.0801. The molecule has 4 nitrogen and oxygen atoms in total. The molecule has 0 saturated carbocycles. The van der Waals surface area contributed by atoms with Gasteiger partial charge in [-0.3, -0.25) is 4.90 Å². The maximum Gasteiger partial charge on any atom is 0.410 e. The van der Waals surface area contributed by atoms with E-state index in [0.29, 0.717) is 5.92 Å². The third-order valence-electron chi connectivity index (χ3n) is 5.18. The second-order valence-electron chi connectivity index (χ2n) is 8.07. The van der Waals surface area contributed by atoms with Crippen LogP contribution in [0.3, 0.4) is 0 Å². The molecule has 0 spiro atoms. The van der Waals surface area contributed by atoms with Crippen LogP contribution in [0.25, 0.3) is 0 Å². The van der Waals surface area contributed by atoms with Crippen LogP contribution in [-0.2, 0) is 15.9 Å². The van der Waals surface area contributed by atoms with Crippen LogP contribution in [-0.4, -0.2) is 41.9 Å². The first-order valence-corrected chi connectivity index (χ1v) is 8.97. The summed E-state index contributed by atoms with van der Waals surface area (Å²) in [5.41, 5.74) is 0.884. The lowest BCUT2D eigenvalue weighted by Gasteiger charge is -2.44. The number of nitrogens with zero attached hydrogens (tertiary/aromatic N) is 1. The molecule has 0 aromatic heterocycles. The largest absolute Gasteiger partial charge is 0.444 e. The average molecular weight is 331 g/mol. The predicted molar refractivity (Wildman–Crippen MR) is 93.9 cm³/mol.